The quantitative estimate of drug-likeness (QED) is 0.627. The molecule has 0 bridgehead atoms. The zero-order chi connectivity index (χ0) is 8.43. The smallest absolute Gasteiger partial charge is 0.217 e. The van der Waals surface area contributed by atoms with Crippen LogP contribution in [0.4, 0.5) is 8.78 Å². The zero-order valence-electron chi connectivity index (χ0n) is 6.01. The molecule has 0 aliphatic heterocycles. The highest BCUT2D eigenvalue weighted by Gasteiger charge is 2.08. The summed E-state index contributed by atoms with van der Waals surface area (Å²) in [6.07, 6.45) is 0.821. The molecule has 1 aromatic heterocycles. The second kappa shape index (κ2) is 2.92. The summed E-state index contributed by atoms with van der Waals surface area (Å²) in [5, 5.41) is 0. The van der Waals surface area contributed by atoms with Crippen molar-refractivity contribution in [2.24, 2.45) is 5.73 Å². The maximum atomic E-state index is 12.7. The molecule has 0 amide bonds. The lowest BCUT2D eigenvalue weighted by Gasteiger charge is -2.04. The van der Waals surface area contributed by atoms with Gasteiger partial charge in [-0.15, -0.1) is 0 Å². The minimum atomic E-state index is -0.707. The molecular weight excluding hydrogens is 150 g/mol. The maximum Gasteiger partial charge on any atom is 0.217 e. The van der Waals surface area contributed by atoms with Crippen LogP contribution >= 0.6 is 0 Å². The van der Waals surface area contributed by atoms with Crippen molar-refractivity contribution >= 4 is 0 Å². The molecule has 1 atom stereocenters. The average Bonchev–Trinajstić information content (AvgIpc) is 1.94. The summed E-state index contributed by atoms with van der Waals surface area (Å²) in [5.74, 6) is -1.28. The van der Waals surface area contributed by atoms with Crippen molar-refractivity contribution in [1.82, 2.24) is 4.98 Å². The summed E-state index contributed by atoms with van der Waals surface area (Å²) in [6, 6.07) is 0.519. The van der Waals surface area contributed by atoms with Crippen molar-refractivity contribution < 1.29 is 8.78 Å². The standard InChI is InChI=1S/C7H8F2N2/c1-4(10)6-2-5(8)3-11-7(6)9/h2-4H,10H2,1H3/t4-/m1/s1. The number of halogens is 2. The molecule has 4 heteroatoms. The molecule has 60 valence electrons. The number of aromatic nitrogens is 1. The first kappa shape index (κ1) is 8.07. The molecule has 0 aliphatic rings. The molecule has 0 saturated carbocycles. The molecule has 0 spiro atoms. The van der Waals surface area contributed by atoms with E-state index in [0.29, 0.717) is 0 Å². The number of nitrogens with two attached hydrogens (primary N) is 1. The van der Waals surface area contributed by atoms with E-state index in [0.717, 1.165) is 12.3 Å². The maximum absolute atomic E-state index is 12.7. The van der Waals surface area contributed by atoms with E-state index in [2.05, 4.69) is 4.98 Å². The van der Waals surface area contributed by atoms with Crippen LogP contribution in [0, 0.1) is 11.8 Å². The van der Waals surface area contributed by atoms with Crippen molar-refractivity contribution in [3.8, 4) is 0 Å². The van der Waals surface area contributed by atoms with Gasteiger partial charge in [0.25, 0.3) is 0 Å². The predicted molar refractivity (Wildman–Crippen MR) is 36.8 cm³/mol. The van der Waals surface area contributed by atoms with E-state index in [9.17, 15) is 8.78 Å². The fourth-order valence-corrected chi connectivity index (χ4v) is 0.758. The lowest BCUT2D eigenvalue weighted by atomic mass is 10.1. The van der Waals surface area contributed by atoms with E-state index in [1.54, 1.807) is 6.92 Å². The van der Waals surface area contributed by atoms with Crippen molar-refractivity contribution in [2.75, 3.05) is 0 Å². The van der Waals surface area contributed by atoms with Gasteiger partial charge < -0.3 is 5.73 Å². The third-order valence-corrected chi connectivity index (χ3v) is 1.32. The van der Waals surface area contributed by atoms with Gasteiger partial charge in [-0.3, -0.25) is 0 Å². The fourth-order valence-electron chi connectivity index (χ4n) is 0.758. The molecule has 0 aliphatic carbocycles. The van der Waals surface area contributed by atoms with E-state index in [1.165, 1.54) is 0 Å². The van der Waals surface area contributed by atoms with Crippen LogP contribution in [0.5, 0.6) is 0 Å². The van der Waals surface area contributed by atoms with Crippen LogP contribution in [0.25, 0.3) is 0 Å². The first-order chi connectivity index (χ1) is 5.11. The third kappa shape index (κ3) is 1.71. The first-order valence-electron chi connectivity index (χ1n) is 3.18. The SMILES string of the molecule is C[C@@H](N)c1cc(F)cnc1F. The highest BCUT2D eigenvalue weighted by Crippen LogP contribution is 2.12. The van der Waals surface area contributed by atoms with Crippen LogP contribution in [0.2, 0.25) is 0 Å². The topological polar surface area (TPSA) is 38.9 Å². The average molecular weight is 158 g/mol. The number of rotatable bonds is 1. The van der Waals surface area contributed by atoms with E-state index < -0.39 is 17.8 Å². The summed E-state index contributed by atoms with van der Waals surface area (Å²) < 4.78 is 25.1. The van der Waals surface area contributed by atoms with Crippen molar-refractivity contribution in [2.45, 2.75) is 13.0 Å². The van der Waals surface area contributed by atoms with E-state index in [-0.39, 0.29) is 5.56 Å². The summed E-state index contributed by atoms with van der Waals surface area (Å²) in [6.45, 7) is 1.57. The van der Waals surface area contributed by atoms with Gasteiger partial charge in [-0.1, -0.05) is 0 Å². The Bertz CT molecular complexity index is 261. The summed E-state index contributed by atoms with van der Waals surface area (Å²) >= 11 is 0. The minimum Gasteiger partial charge on any atom is -0.324 e. The highest BCUT2D eigenvalue weighted by molar-refractivity contribution is 5.15. The summed E-state index contributed by atoms with van der Waals surface area (Å²) in [5.41, 5.74) is 5.44. The van der Waals surface area contributed by atoms with Crippen molar-refractivity contribution in [1.29, 1.82) is 0 Å². The fraction of sp³-hybridized carbons (Fsp3) is 0.286. The van der Waals surface area contributed by atoms with E-state index >= 15 is 0 Å². The van der Waals surface area contributed by atoms with E-state index in [1.807, 2.05) is 0 Å². The number of hydrogen-bond donors (Lipinski definition) is 1. The van der Waals surface area contributed by atoms with Gasteiger partial charge in [0, 0.05) is 11.6 Å². The Labute approximate surface area is 63.1 Å². The second-order valence-corrected chi connectivity index (χ2v) is 2.32. The van der Waals surface area contributed by atoms with Crippen LogP contribution in [-0.4, -0.2) is 4.98 Å². The molecule has 0 saturated heterocycles. The summed E-state index contributed by atoms with van der Waals surface area (Å²) in [7, 11) is 0. The van der Waals surface area contributed by atoms with Gasteiger partial charge in [0.2, 0.25) is 5.95 Å². The molecule has 2 N–H and O–H groups in total. The van der Waals surface area contributed by atoms with Crippen LogP contribution in [0.1, 0.15) is 18.5 Å². The monoisotopic (exact) mass is 158 g/mol. The Morgan fingerprint density at radius 3 is 2.64 bits per heavy atom. The Hall–Kier alpha value is -1.03. The van der Waals surface area contributed by atoms with Crippen LogP contribution in [0.15, 0.2) is 12.3 Å². The molecule has 1 aromatic rings. The number of hydrogen-bond acceptors (Lipinski definition) is 2. The molecule has 1 rings (SSSR count). The third-order valence-electron chi connectivity index (χ3n) is 1.32. The number of pyridine rings is 1. The molecular formula is C7H8F2N2. The molecule has 2 nitrogen and oxygen atoms in total. The lowest BCUT2D eigenvalue weighted by molar-refractivity contribution is 0.532. The van der Waals surface area contributed by atoms with Gasteiger partial charge in [-0.25, -0.2) is 9.37 Å². The molecule has 1 heterocycles. The normalized spacial score (nSPS) is 13.1. The minimum absolute atomic E-state index is 0.102. The highest BCUT2D eigenvalue weighted by atomic mass is 19.1. The van der Waals surface area contributed by atoms with Gasteiger partial charge in [0.1, 0.15) is 5.82 Å². The second-order valence-electron chi connectivity index (χ2n) is 2.32. The zero-order valence-corrected chi connectivity index (χ0v) is 6.01. The Kier molecular flexibility index (Phi) is 2.14. The number of nitrogens with zero attached hydrogens (tertiary/aromatic N) is 1. The molecule has 0 unspecified atom stereocenters. The van der Waals surface area contributed by atoms with Crippen LogP contribution in [-0.2, 0) is 0 Å². The van der Waals surface area contributed by atoms with Gasteiger partial charge in [-0.05, 0) is 13.0 Å². The Morgan fingerprint density at radius 1 is 1.55 bits per heavy atom. The summed E-state index contributed by atoms with van der Waals surface area (Å²) in [4.78, 5) is 3.18. The molecule has 0 fully saturated rings. The molecule has 11 heavy (non-hydrogen) atoms. The molecule has 0 aromatic carbocycles. The van der Waals surface area contributed by atoms with Gasteiger partial charge in [0.15, 0.2) is 0 Å². The lowest BCUT2D eigenvalue weighted by Crippen LogP contribution is -2.08. The van der Waals surface area contributed by atoms with E-state index in [4.69, 9.17) is 5.73 Å². The van der Waals surface area contributed by atoms with Gasteiger partial charge >= 0.3 is 0 Å². The van der Waals surface area contributed by atoms with Crippen molar-refractivity contribution in [3.63, 3.8) is 0 Å². The first-order valence-corrected chi connectivity index (χ1v) is 3.18. The predicted octanol–water partition coefficient (Wildman–Crippen LogP) is 1.38. The van der Waals surface area contributed by atoms with Crippen molar-refractivity contribution in [3.05, 3.63) is 29.6 Å². The van der Waals surface area contributed by atoms with Crippen LogP contribution in [0.3, 0.4) is 0 Å². The van der Waals surface area contributed by atoms with Gasteiger partial charge in [0.05, 0.1) is 6.20 Å². The Balaban J connectivity index is 3.13. The van der Waals surface area contributed by atoms with Gasteiger partial charge in [-0.2, -0.15) is 4.39 Å². The molecule has 0 radical (unpaired) electrons. The Morgan fingerprint density at radius 2 is 2.18 bits per heavy atom. The van der Waals surface area contributed by atoms with Crippen LogP contribution < -0.4 is 5.73 Å². The largest absolute Gasteiger partial charge is 0.324 e.